The zero-order valence-electron chi connectivity index (χ0n) is 15.4. The van der Waals surface area contributed by atoms with Crippen molar-refractivity contribution in [2.24, 2.45) is 23.7 Å². The Labute approximate surface area is 158 Å². The Hall–Kier alpha value is -2.37. The number of carboxylic acids is 1. The summed E-state index contributed by atoms with van der Waals surface area (Å²) in [7, 11) is 0. The van der Waals surface area contributed by atoms with Gasteiger partial charge in [-0.2, -0.15) is 0 Å². The lowest BCUT2D eigenvalue weighted by atomic mass is 9.78. The lowest BCUT2D eigenvalue weighted by molar-refractivity contribution is -0.148. The van der Waals surface area contributed by atoms with Crippen molar-refractivity contribution in [2.45, 2.75) is 38.5 Å². The third-order valence-electron chi connectivity index (χ3n) is 6.55. The number of hydrogen-bond donors (Lipinski definition) is 2. The predicted molar refractivity (Wildman–Crippen MR) is 100 cm³/mol. The summed E-state index contributed by atoms with van der Waals surface area (Å²) in [5, 5.41) is 12.4. The molecular formula is C21H26N2O4. The van der Waals surface area contributed by atoms with Crippen LogP contribution in [0.25, 0.3) is 0 Å². The fraction of sp³-hybridized carbons (Fsp3) is 0.571. The predicted octanol–water partition coefficient (Wildman–Crippen LogP) is 3.00. The number of nitrogens with one attached hydrogen (secondary N) is 1. The highest BCUT2D eigenvalue weighted by atomic mass is 16.4. The number of carbonyl (C=O) groups excluding carboxylic acids is 2. The molecule has 6 heteroatoms. The van der Waals surface area contributed by atoms with Gasteiger partial charge in [0.15, 0.2) is 0 Å². The smallest absolute Gasteiger partial charge is 0.307 e. The Morgan fingerprint density at radius 2 is 1.56 bits per heavy atom. The maximum atomic E-state index is 12.7. The number of carboxylic acid groups (broad SMARTS) is 1. The Morgan fingerprint density at radius 1 is 0.926 bits per heavy atom. The molecule has 2 N–H and O–H groups in total. The quantitative estimate of drug-likeness (QED) is 0.853. The SMILES string of the molecule is O=C(Nc1ccc(C(=O)N2CCCCC2)cc1)[C@@H]1[C@H]2CC[C@@H](C2)[C@@H]1C(=O)O. The molecule has 1 aromatic carbocycles. The van der Waals surface area contributed by atoms with E-state index in [1.807, 2.05) is 4.90 Å². The number of amides is 2. The number of anilines is 1. The molecule has 0 aromatic heterocycles. The van der Waals surface area contributed by atoms with Crippen LogP contribution in [-0.4, -0.2) is 40.9 Å². The standard InChI is InChI=1S/C21H26N2O4/c24-19(17-14-4-5-15(12-14)18(17)21(26)27)22-16-8-6-13(7-9-16)20(25)23-10-2-1-3-11-23/h6-9,14-15,17-18H,1-5,10-12H2,(H,22,24)(H,26,27)/t14-,15-,17+,18-/m0/s1. The van der Waals surface area contributed by atoms with E-state index in [1.54, 1.807) is 24.3 Å². The van der Waals surface area contributed by atoms with Gasteiger partial charge in [0, 0.05) is 24.3 Å². The van der Waals surface area contributed by atoms with Gasteiger partial charge in [-0.05, 0) is 74.6 Å². The van der Waals surface area contributed by atoms with Crippen molar-refractivity contribution < 1.29 is 19.5 Å². The fourth-order valence-corrected chi connectivity index (χ4v) is 5.23. The molecule has 144 valence electrons. The van der Waals surface area contributed by atoms with E-state index in [4.69, 9.17) is 0 Å². The van der Waals surface area contributed by atoms with Crippen LogP contribution in [0.15, 0.2) is 24.3 Å². The number of benzene rings is 1. The highest BCUT2D eigenvalue weighted by molar-refractivity contribution is 5.97. The fourth-order valence-electron chi connectivity index (χ4n) is 5.23. The van der Waals surface area contributed by atoms with Crippen LogP contribution in [0.4, 0.5) is 5.69 Å². The zero-order valence-corrected chi connectivity index (χ0v) is 15.4. The van der Waals surface area contributed by atoms with Gasteiger partial charge in [0.1, 0.15) is 0 Å². The van der Waals surface area contributed by atoms with Crippen LogP contribution in [0.3, 0.4) is 0 Å². The number of carbonyl (C=O) groups is 3. The summed E-state index contributed by atoms with van der Waals surface area (Å²) in [4.78, 5) is 38.7. The van der Waals surface area contributed by atoms with Crippen molar-refractivity contribution in [3.63, 3.8) is 0 Å². The lowest BCUT2D eigenvalue weighted by Gasteiger charge is -2.27. The van der Waals surface area contributed by atoms with E-state index in [2.05, 4.69) is 5.32 Å². The molecular weight excluding hydrogens is 344 g/mol. The summed E-state index contributed by atoms with van der Waals surface area (Å²) in [5.41, 5.74) is 1.24. The molecule has 6 nitrogen and oxygen atoms in total. The summed E-state index contributed by atoms with van der Waals surface area (Å²) >= 11 is 0. The Balaban J connectivity index is 1.41. The van der Waals surface area contributed by atoms with E-state index in [-0.39, 0.29) is 23.7 Å². The minimum absolute atomic E-state index is 0.0339. The van der Waals surface area contributed by atoms with E-state index in [1.165, 1.54) is 6.42 Å². The molecule has 2 aliphatic carbocycles. The number of aliphatic carboxylic acids is 1. The molecule has 0 unspecified atom stereocenters. The number of rotatable bonds is 4. The van der Waals surface area contributed by atoms with Crippen LogP contribution in [0.2, 0.25) is 0 Å². The normalized spacial score (nSPS) is 29.6. The van der Waals surface area contributed by atoms with Gasteiger partial charge < -0.3 is 15.3 Å². The average molecular weight is 370 g/mol. The second-order valence-corrected chi connectivity index (χ2v) is 8.14. The summed E-state index contributed by atoms with van der Waals surface area (Å²) in [6.07, 6.45) is 5.98. The lowest BCUT2D eigenvalue weighted by Crippen LogP contribution is -2.37. The second-order valence-electron chi connectivity index (χ2n) is 8.14. The number of likely N-dealkylation sites (tertiary alicyclic amines) is 1. The van der Waals surface area contributed by atoms with Gasteiger partial charge in [0.25, 0.3) is 5.91 Å². The first-order valence-corrected chi connectivity index (χ1v) is 9.97. The first kappa shape index (κ1) is 18.0. The van der Waals surface area contributed by atoms with E-state index >= 15 is 0 Å². The summed E-state index contributed by atoms with van der Waals surface area (Å²) in [5.74, 6) is -1.73. The van der Waals surface area contributed by atoms with Gasteiger partial charge in [-0.15, -0.1) is 0 Å². The number of hydrogen-bond acceptors (Lipinski definition) is 3. The van der Waals surface area contributed by atoms with Crippen molar-refractivity contribution in [2.75, 3.05) is 18.4 Å². The highest BCUT2D eigenvalue weighted by Crippen LogP contribution is 2.52. The maximum absolute atomic E-state index is 12.7. The number of nitrogens with zero attached hydrogens (tertiary/aromatic N) is 1. The second kappa shape index (κ2) is 7.33. The summed E-state index contributed by atoms with van der Waals surface area (Å²) in [6.45, 7) is 1.61. The zero-order chi connectivity index (χ0) is 19.0. The first-order valence-electron chi connectivity index (χ1n) is 9.97. The third-order valence-corrected chi connectivity index (χ3v) is 6.55. The molecule has 4 rings (SSSR count). The van der Waals surface area contributed by atoms with Gasteiger partial charge >= 0.3 is 5.97 Å². The Kier molecular flexibility index (Phi) is 4.89. The van der Waals surface area contributed by atoms with Crippen LogP contribution in [0.5, 0.6) is 0 Å². The Bertz CT molecular complexity index is 739. The van der Waals surface area contributed by atoms with Crippen LogP contribution in [0, 0.1) is 23.7 Å². The van der Waals surface area contributed by atoms with E-state index < -0.39 is 17.8 Å². The molecule has 1 aliphatic heterocycles. The highest BCUT2D eigenvalue weighted by Gasteiger charge is 2.53. The maximum Gasteiger partial charge on any atom is 0.307 e. The van der Waals surface area contributed by atoms with Crippen molar-refractivity contribution in [1.29, 1.82) is 0 Å². The molecule has 1 aromatic rings. The van der Waals surface area contributed by atoms with Gasteiger partial charge in [-0.3, -0.25) is 14.4 Å². The van der Waals surface area contributed by atoms with E-state index in [0.717, 1.165) is 45.2 Å². The van der Waals surface area contributed by atoms with Crippen molar-refractivity contribution in [3.8, 4) is 0 Å². The minimum Gasteiger partial charge on any atom is -0.481 e. The molecule has 3 aliphatic rings. The molecule has 3 fully saturated rings. The summed E-state index contributed by atoms with van der Waals surface area (Å²) < 4.78 is 0. The average Bonchev–Trinajstić information content (AvgIpc) is 3.30. The molecule has 2 amide bonds. The van der Waals surface area contributed by atoms with Gasteiger partial charge in [-0.1, -0.05) is 0 Å². The van der Waals surface area contributed by atoms with E-state index in [0.29, 0.717) is 11.3 Å². The first-order chi connectivity index (χ1) is 13.0. The molecule has 0 radical (unpaired) electrons. The monoisotopic (exact) mass is 370 g/mol. The molecule has 0 spiro atoms. The van der Waals surface area contributed by atoms with Gasteiger partial charge in [0.05, 0.1) is 11.8 Å². The van der Waals surface area contributed by atoms with Crippen molar-refractivity contribution in [1.82, 2.24) is 4.90 Å². The van der Waals surface area contributed by atoms with Crippen molar-refractivity contribution >= 4 is 23.5 Å². The Morgan fingerprint density at radius 3 is 2.19 bits per heavy atom. The molecule has 27 heavy (non-hydrogen) atoms. The van der Waals surface area contributed by atoms with Gasteiger partial charge in [-0.25, -0.2) is 0 Å². The molecule has 1 saturated heterocycles. The molecule has 2 saturated carbocycles. The van der Waals surface area contributed by atoms with Crippen molar-refractivity contribution in [3.05, 3.63) is 29.8 Å². The molecule has 2 bridgehead atoms. The number of fused-ring (bicyclic) bond motifs is 2. The van der Waals surface area contributed by atoms with Crippen LogP contribution >= 0.6 is 0 Å². The van der Waals surface area contributed by atoms with Crippen LogP contribution < -0.4 is 5.32 Å². The molecule has 1 heterocycles. The minimum atomic E-state index is -0.857. The topological polar surface area (TPSA) is 86.7 Å². The van der Waals surface area contributed by atoms with Gasteiger partial charge in [0.2, 0.25) is 5.91 Å². The van der Waals surface area contributed by atoms with Crippen LogP contribution in [-0.2, 0) is 9.59 Å². The third kappa shape index (κ3) is 3.45. The van der Waals surface area contributed by atoms with E-state index in [9.17, 15) is 19.5 Å². The summed E-state index contributed by atoms with van der Waals surface area (Å²) in [6, 6.07) is 6.94. The van der Waals surface area contributed by atoms with Crippen LogP contribution in [0.1, 0.15) is 48.9 Å². The largest absolute Gasteiger partial charge is 0.481 e. The molecule has 4 atom stereocenters. The number of piperidine rings is 1.